The fraction of sp³-hybridized carbons (Fsp3) is 0.136. The zero-order valence-corrected chi connectivity index (χ0v) is 17.2. The molecule has 0 fully saturated rings. The maximum Gasteiger partial charge on any atom is 0.259 e. The van der Waals surface area contributed by atoms with E-state index in [4.69, 9.17) is 14.2 Å². The second kappa shape index (κ2) is 9.28. The van der Waals surface area contributed by atoms with Crippen molar-refractivity contribution in [1.29, 1.82) is 0 Å². The second-order valence-corrected chi connectivity index (χ2v) is 6.85. The van der Waals surface area contributed by atoms with E-state index in [0.29, 0.717) is 35.1 Å². The predicted octanol–water partition coefficient (Wildman–Crippen LogP) is 5.30. The van der Waals surface area contributed by atoms with Gasteiger partial charge < -0.3 is 19.5 Å². The lowest BCUT2D eigenvalue weighted by atomic mass is 10.1. The third-order valence-electron chi connectivity index (χ3n) is 4.08. The van der Waals surface area contributed by atoms with Crippen molar-refractivity contribution in [3.8, 4) is 17.2 Å². The van der Waals surface area contributed by atoms with Crippen molar-refractivity contribution in [3.05, 3.63) is 82.3 Å². The van der Waals surface area contributed by atoms with Gasteiger partial charge >= 0.3 is 0 Å². The van der Waals surface area contributed by atoms with E-state index in [9.17, 15) is 4.79 Å². The number of hydrogen-bond acceptors (Lipinski definition) is 4. The van der Waals surface area contributed by atoms with E-state index in [1.54, 1.807) is 44.6 Å². The maximum atomic E-state index is 13.0. The molecule has 144 valence electrons. The molecular weight excluding hydrogens is 422 g/mol. The Morgan fingerprint density at radius 2 is 1.68 bits per heavy atom. The number of halogens is 1. The quantitative estimate of drug-likeness (QED) is 0.540. The van der Waals surface area contributed by atoms with Crippen LogP contribution in [0.1, 0.15) is 15.9 Å². The van der Waals surface area contributed by atoms with Gasteiger partial charge in [0, 0.05) is 10.5 Å². The smallest absolute Gasteiger partial charge is 0.259 e. The van der Waals surface area contributed by atoms with Crippen molar-refractivity contribution >= 4 is 27.5 Å². The minimum absolute atomic E-state index is 0.309. The molecule has 0 bridgehead atoms. The Morgan fingerprint density at radius 3 is 2.39 bits per heavy atom. The van der Waals surface area contributed by atoms with Crippen LogP contribution in [0, 0.1) is 0 Å². The number of nitrogens with one attached hydrogen (secondary N) is 1. The van der Waals surface area contributed by atoms with E-state index in [1.807, 2.05) is 36.4 Å². The molecule has 1 amide bonds. The highest BCUT2D eigenvalue weighted by atomic mass is 79.9. The highest BCUT2D eigenvalue weighted by Gasteiger charge is 2.16. The number of rotatable bonds is 7. The average molecular weight is 442 g/mol. The number of hydrogen-bond donors (Lipinski definition) is 1. The second-order valence-electron chi connectivity index (χ2n) is 5.94. The number of carbonyl (C=O) groups excluding carboxylic acids is 1. The number of anilines is 1. The summed E-state index contributed by atoms with van der Waals surface area (Å²) in [4.78, 5) is 13.0. The number of methoxy groups -OCH3 is 2. The third-order valence-corrected chi connectivity index (χ3v) is 4.57. The van der Waals surface area contributed by atoms with E-state index in [-0.39, 0.29) is 5.91 Å². The van der Waals surface area contributed by atoms with Crippen molar-refractivity contribution in [2.45, 2.75) is 6.61 Å². The molecule has 0 aliphatic heterocycles. The van der Waals surface area contributed by atoms with Gasteiger partial charge in [0.2, 0.25) is 0 Å². The minimum Gasteiger partial charge on any atom is -0.497 e. The lowest BCUT2D eigenvalue weighted by Gasteiger charge is -2.14. The zero-order chi connectivity index (χ0) is 19.9. The van der Waals surface area contributed by atoms with Crippen LogP contribution in [0.15, 0.2) is 71.2 Å². The summed E-state index contributed by atoms with van der Waals surface area (Å²) < 4.78 is 17.2. The highest BCUT2D eigenvalue weighted by Crippen LogP contribution is 2.31. The summed E-state index contributed by atoms with van der Waals surface area (Å²) in [7, 11) is 3.11. The fourth-order valence-electron chi connectivity index (χ4n) is 2.64. The van der Waals surface area contributed by atoms with Crippen LogP contribution in [0.4, 0.5) is 5.69 Å². The standard InChI is InChI=1S/C22H20BrNO4/c1-26-17-9-11-21(27-2)19(13-17)24-22(25)18-12-16(23)8-10-20(18)28-14-15-6-4-3-5-7-15/h3-13H,14H2,1-2H3,(H,24,25). The summed E-state index contributed by atoms with van der Waals surface area (Å²) in [6, 6.07) is 20.3. The maximum absolute atomic E-state index is 13.0. The molecule has 0 aliphatic carbocycles. The van der Waals surface area contributed by atoms with Gasteiger partial charge in [-0.25, -0.2) is 0 Å². The molecule has 28 heavy (non-hydrogen) atoms. The Morgan fingerprint density at radius 1 is 0.929 bits per heavy atom. The third kappa shape index (κ3) is 4.84. The van der Waals surface area contributed by atoms with Crippen LogP contribution < -0.4 is 19.5 Å². The van der Waals surface area contributed by atoms with Crippen molar-refractivity contribution in [1.82, 2.24) is 0 Å². The van der Waals surface area contributed by atoms with E-state index in [0.717, 1.165) is 10.0 Å². The first-order chi connectivity index (χ1) is 13.6. The van der Waals surface area contributed by atoms with Crippen LogP contribution in [0.2, 0.25) is 0 Å². The molecule has 0 spiro atoms. The van der Waals surface area contributed by atoms with Crippen molar-refractivity contribution < 1.29 is 19.0 Å². The summed E-state index contributed by atoms with van der Waals surface area (Å²) >= 11 is 3.42. The summed E-state index contributed by atoms with van der Waals surface area (Å²) in [5, 5.41) is 2.87. The lowest BCUT2D eigenvalue weighted by molar-refractivity contribution is 0.102. The van der Waals surface area contributed by atoms with Gasteiger partial charge in [-0.3, -0.25) is 4.79 Å². The fourth-order valence-corrected chi connectivity index (χ4v) is 3.00. The molecule has 6 heteroatoms. The summed E-state index contributed by atoms with van der Waals surface area (Å²) in [6.07, 6.45) is 0. The normalized spacial score (nSPS) is 10.2. The van der Waals surface area contributed by atoms with Gasteiger partial charge in [-0.15, -0.1) is 0 Å². The predicted molar refractivity (Wildman–Crippen MR) is 112 cm³/mol. The molecule has 5 nitrogen and oxygen atoms in total. The lowest BCUT2D eigenvalue weighted by Crippen LogP contribution is -2.14. The molecule has 0 unspecified atom stereocenters. The molecule has 0 radical (unpaired) electrons. The molecular formula is C22H20BrNO4. The molecule has 0 saturated heterocycles. The van der Waals surface area contributed by atoms with Crippen molar-refractivity contribution in [3.63, 3.8) is 0 Å². The van der Waals surface area contributed by atoms with Gasteiger partial charge in [-0.05, 0) is 35.9 Å². The van der Waals surface area contributed by atoms with Gasteiger partial charge in [0.05, 0.1) is 25.5 Å². The monoisotopic (exact) mass is 441 g/mol. The van der Waals surface area contributed by atoms with Crippen LogP contribution in [0.5, 0.6) is 17.2 Å². The molecule has 3 aromatic carbocycles. The minimum atomic E-state index is -0.309. The van der Waals surface area contributed by atoms with Crippen LogP contribution in [0.25, 0.3) is 0 Å². The Labute approximate surface area is 172 Å². The van der Waals surface area contributed by atoms with E-state index < -0.39 is 0 Å². The summed E-state index contributed by atoms with van der Waals surface area (Å²) in [6.45, 7) is 0.366. The number of amides is 1. The van der Waals surface area contributed by atoms with Crippen molar-refractivity contribution in [2.24, 2.45) is 0 Å². The SMILES string of the molecule is COc1ccc(OC)c(NC(=O)c2cc(Br)ccc2OCc2ccccc2)c1. The Balaban J connectivity index is 1.84. The average Bonchev–Trinajstić information content (AvgIpc) is 2.73. The Kier molecular flexibility index (Phi) is 6.55. The van der Waals surface area contributed by atoms with Crippen LogP contribution >= 0.6 is 15.9 Å². The Hall–Kier alpha value is -2.99. The molecule has 0 aromatic heterocycles. The van der Waals surface area contributed by atoms with E-state index >= 15 is 0 Å². The number of benzene rings is 3. The first-order valence-electron chi connectivity index (χ1n) is 8.60. The molecule has 0 saturated carbocycles. The zero-order valence-electron chi connectivity index (χ0n) is 15.6. The molecule has 1 N–H and O–H groups in total. The molecule has 0 aliphatic rings. The van der Waals surface area contributed by atoms with Gasteiger partial charge in [0.1, 0.15) is 23.9 Å². The van der Waals surface area contributed by atoms with Crippen LogP contribution in [-0.2, 0) is 6.61 Å². The molecule has 0 heterocycles. The largest absolute Gasteiger partial charge is 0.497 e. The first-order valence-corrected chi connectivity index (χ1v) is 9.39. The molecule has 0 atom stereocenters. The van der Waals surface area contributed by atoms with E-state index in [1.165, 1.54) is 0 Å². The molecule has 3 rings (SSSR count). The number of carbonyl (C=O) groups is 1. The van der Waals surface area contributed by atoms with Gasteiger partial charge in [-0.1, -0.05) is 46.3 Å². The summed E-state index contributed by atoms with van der Waals surface area (Å²) in [5.74, 6) is 1.34. The number of ether oxygens (including phenoxy) is 3. The van der Waals surface area contributed by atoms with Crippen molar-refractivity contribution in [2.75, 3.05) is 19.5 Å². The van der Waals surface area contributed by atoms with E-state index in [2.05, 4.69) is 21.2 Å². The Bertz CT molecular complexity index is 960. The summed E-state index contributed by atoms with van der Waals surface area (Å²) in [5.41, 5.74) is 1.95. The topological polar surface area (TPSA) is 56.8 Å². The molecule has 3 aromatic rings. The van der Waals surface area contributed by atoms with Crippen LogP contribution in [-0.4, -0.2) is 20.1 Å². The first kappa shape index (κ1) is 19.8. The highest BCUT2D eigenvalue weighted by molar-refractivity contribution is 9.10. The van der Waals surface area contributed by atoms with Crippen LogP contribution in [0.3, 0.4) is 0 Å². The van der Waals surface area contributed by atoms with Gasteiger partial charge in [0.15, 0.2) is 0 Å². The van der Waals surface area contributed by atoms with Gasteiger partial charge in [0.25, 0.3) is 5.91 Å². The van der Waals surface area contributed by atoms with Gasteiger partial charge in [-0.2, -0.15) is 0 Å².